The van der Waals surface area contributed by atoms with Gasteiger partial charge in [0, 0.05) is 32.7 Å². The van der Waals surface area contributed by atoms with Crippen LogP contribution in [-0.4, -0.2) is 13.2 Å². The second-order valence-corrected chi connectivity index (χ2v) is 1.32. The van der Waals surface area contributed by atoms with E-state index in [1.54, 1.807) is 0 Å². The van der Waals surface area contributed by atoms with Crippen LogP contribution >= 0.6 is 0 Å². The van der Waals surface area contributed by atoms with E-state index in [0.717, 1.165) is 13.2 Å². The maximum Gasteiger partial charge on any atom is 0.0466 e. The Hall–Kier alpha value is 0.583. The van der Waals surface area contributed by atoms with Crippen molar-refractivity contribution in [2.75, 3.05) is 13.2 Å². The van der Waals surface area contributed by atoms with E-state index in [4.69, 9.17) is 4.74 Å². The molecule has 0 aromatic carbocycles. The molecule has 0 amide bonds. The van der Waals surface area contributed by atoms with Crippen LogP contribution < -0.4 is 0 Å². The summed E-state index contributed by atoms with van der Waals surface area (Å²) in [6.45, 7) is 2.00. The van der Waals surface area contributed by atoms with Gasteiger partial charge in [0.2, 0.25) is 0 Å². The van der Waals surface area contributed by atoms with Crippen molar-refractivity contribution in [2.45, 2.75) is 12.8 Å². The third-order valence-electron chi connectivity index (χ3n) is 0.827. The Morgan fingerprint density at radius 1 is 1.00 bits per heavy atom. The topological polar surface area (TPSA) is 9.23 Å². The zero-order valence-electron chi connectivity index (χ0n) is 3.94. The van der Waals surface area contributed by atoms with Gasteiger partial charge < -0.3 is 4.74 Å². The molecule has 1 saturated heterocycles. The molecule has 6 heavy (non-hydrogen) atoms. The molecule has 0 aromatic rings. The van der Waals surface area contributed by atoms with E-state index in [9.17, 15) is 0 Å². The van der Waals surface area contributed by atoms with Gasteiger partial charge in [0.1, 0.15) is 0 Å². The first-order valence-electron chi connectivity index (χ1n) is 2.08. The van der Waals surface area contributed by atoms with Gasteiger partial charge in [-0.15, -0.1) is 0 Å². The second-order valence-electron chi connectivity index (χ2n) is 1.32. The van der Waals surface area contributed by atoms with Gasteiger partial charge in [0.05, 0.1) is 0 Å². The smallest absolute Gasteiger partial charge is 0.0466 e. The summed E-state index contributed by atoms with van der Waals surface area (Å²) in [5.41, 5.74) is 0. The van der Waals surface area contributed by atoms with Crippen molar-refractivity contribution >= 4 is 0 Å². The molecule has 1 heterocycles. The molecule has 0 atom stereocenters. The van der Waals surface area contributed by atoms with E-state index in [1.807, 2.05) is 0 Å². The van der Waals surface area contributed by atoms with Crippen molar-refractivity contribution in [1.29, 1.82) is 0 Å². The monoisotopic (exact) mass is 136 g/mol. The Morgan fingerprint density at radius 2 is 1.50 bits per heavy atom. The van der Waals surface area contributed by atoms with Crippen molar-refractivity contribution in [3.63, 3.8) is 0 Å². The minimum Gasteiger partial charge on any atom is -0.381 e. The Bertz CT molecular complexity index is 19.1. The molecule has 1 aliphatic rings. The SMILES string of the molecule is C1CCOC1.[Zn]. The Morgan fingerprint density at radius 3 is 1.67 bits per heavy atom. The molecule has 0 aliphatic carbocycles. The van der Waals surface area contributed by atoms with E-state index in [2.05, 4.69) is 0 Å². The van der Waals surface area contributed by atoms with E-state index in [1.165, 1.54) is 12.8 Å². The van der Waals surface area contributed by atoms with Crippen LogP contribution in [-0.2, 0) is 24.2 Å². The van der Waals surface area contributed by atoms with Crippen LogP contribution in [0.1, 0.15) is 12.8 Å². The minimum absolute atomic E-state index is 0. The Labute approximate surface area is 50.8 Å². The predicted molar refractivity (Wildman–Crippen MR) is 20.1 cm³/mol. The number of hydrogen-bond acceptors (Lipinski definition) is 1. The molecule has 32 valence electrons. The molecular weight excluding hydrogens is 129 g/mol. The van der Waals surface area contributed by atoms with Crippen molar-refractivity contribution < 1.29 is 24.2 Å². The molecule has 0 radical (unpaired) electrons. The predicted octanol–water partition coefficient (Wildman–Crippen LogP) is 0.794. The van der Waals surface area contributed by atoms with Gasteiger partial charge >= 0.3 is 0 Å². The molecule has 0 spiro atoms. The normalized spacial score (nSPS) is 20.0. The first-order chi connectivity index (χ1) is 2.50. The summed E-state index contributed by atoms with van der Waals surface area (Å²) in [6.07, 6.45) is 2.56. The van der Waals surface area contributed by atoms with Crippen molar-refractivity contribution in [3.8, 4) is 0 Å². The first kappa shape index (κ1) is 6.58. The summed E-state index contributed by atoms with van der Waals surface area (Å²) in [5, 5.41) is 0. The third-order valence-corrected chi connectivity index (χ3v) is 0.827. The van der Waals surface area contributed by atoms with Crippen LogP contribution in [0.5, 0.6) is 0 Å². The first-order valence-corrected chi connectivity index (χ1v) is 2.08. The zero-order valence-corrected chi connectivity index (χ0v) is 6.91. The van der Waals surface area contributed by atoms with Crippen molar-refractivity contribution in [3.05, 3.63) is 0 Å². The maximum atomic E-state index is 4.94. The quantitative estimate of drug-likeness (QED) is 0.449. The Balaban J connectivity index is 0.000000250. The van der Waals surface area contributed by atoms with E-state index in [0.29, 0.717) is 0 Å². The zero-order chi connectivity index (χ0) is 3.54. The summed E-state index contributed by atoms with van der Waals surface area (Å²) in [7, 11) is 0. The van der Waals surface area contributed by atoms with Gasteiger partial charge in [-0.1, -0.05) is 0 Å². The van der Waals surface area contributed by atoms with E-state index < -0.39 is 0 Å². The number of hydrogen-bond donors (Lipinski definition) is 0. The molecule has 1 aliphatic heterocycles. The largest absolute Gasteiger partial charge is 0.381 e. The second kappa shape index (κ2) is 3.76. The molecular formula is C4H8OZn. The van der Waals surface area contributed by atoms with Gasteiger partial charge in [0.15, 0.2) is 0 Å². The van der Waals surface area contributed by atoms with E-state index >= 15 is 0 Å². The molecule has 0 N–H and O–H groups in total. The van der Waals surface area contributed by atoms with Gasteiger partial charge in [-0.25, -0.2) is 0 Å². The molecule has 1 nitrogen and oxygen atoms in total. The van der Waals surface area contributed by atoms with Crippen molar-refractivity contribution in [1.82, 2.24) is 0 Å². The maximum absolute atomic E-state index is 4.94. The van der Waals surface area contributed by atoms with Crippen LogP contribution in [0, 0.1) is 0 Å². The molecule has 0 bridgehead atoms. The number of rotatable bonds is 0. The molecule has 0 aromatic heterocycles. The minimum atomic E-state index is 0. The fraction of sp³-hybridized carbons (Fsp3) is 1.00. The molecule has 2 heteroatoms. The van der Waals surface area contributed by atoms with Crippen LogP contribution in [0.2, 0.25) is 0 Å². The number of ether oxygens (including phenoxy) is 1. The Kier molecular flexibility index (Phi) is 4.13. The third kappa shape index (κ3) is 1.89. The van der Waals surface area contributed by atoms with Crippen LogP contribution in [0.25, 0.3) is 0 Å². The average Bonchev–Trinajstić information content (AvgIpc) is 1.76. The van der Waals surface area contributed by atoms with E-state index in [-0.39, 0.29) is 19.5 Å². The van der Waals surface area contributed by atoms with Gasteiger partial charge in [-0.3, -0.25) is 0 Å². The van der Waals surface area contributed by atoms with Gasteiger partial charge in [-0.2, -0.15) is 0 Å². The van der Waals surface area contributed by atoms with Crippen LogP contribution in [0.15, 0.2) is 0 Å². The van der Waals surface area contributed by atoms with Gasteiger partial charge in [-0.05, 0) is 12.8 Å². The summed E-state index contributed by atoms with van der Waals surface area (Å²) in [5.74, 6) is 0. The summed E-state index contributed by atoms with van der Waals surface area (Å²) >= 11 is 0. The van der Waals surface area contributed by atoms with Gasteiger partial charge in [0.25, 0.3) is 0 Å². The summed E-state index contributed by atoms with van der Waals surface area (Å²) in [4.78, 5) is 0. The molecule has 0 saturated carbocycles. The van der Waals surface area contributed by atoms with Crippen LogP contribution in [0.4, 0.5) is 0 Å². The van der Waals surface area contributed by atoms with Crippen LogP contribution in [0.3, 0.4) is 0 Å². The summed E-state index contributed by atoms with van der Waals surface area (Å²) in [6, 6.07) is 0. The average molecular weight is 137 g/mol. The molecule has 1 rings (SSSR count). The van der Waals surface area contributed by atoms with Crippen molar-refractivity contribution in [2.24, 2.45) is 0 Å². The fourth-order valence-electron chi connectivity index (χ4n) is 0.510. The summed E-state index contributed by atoms with van der Waals surface area (Å²) < 4.78 is 4.94. The fourth-order valence-corrected chi connectivity index (χ4v) is 0.510. The molecule has 1 fully saturated rings. The molecule has 0 unspecified atom stereocenters. The standard InChI is InChI=1S/C4H8O.Zn/c1-2-4-5-3-1;/h1-4H2;.